The van der Waals surface area contributed by atoms with Gasteiger partial charge in [0.15, 0.2) is 0 Å². The van der Waals surface area contributed by atoms with Crippen molar-refractivity contribution in [3.8, 4) is 0 Å². The van der Waals surface area contributed by atoms with Gasteiger partial charge in [0, 0.05) is 21.1 Å². The molecule has 0 atom stereocenters. The van der Waals surface area contributed by atoms with Crippen molar-refractivity contribution in [2.45, 2.75) is 13.3 Å². The number of carbonyl (C=O) groups is 1. The Morgan fingerprint density at radius 2 is 2.29 bits per heavy atom. The topological polar surface area (TPSA) is 55.1 Å². The van der Waals surface area contributed by atoms with Crippen molar-refractivity contribution >= 4 is 48.9 Å². The van der Waals surface area contributed by atoms with Crippen LogP contribution in [0.25, 0.3) is 10.1 Å². The van der Waals surface area contributed by atoms with E-state index in [2.05, 4.69) is 21.2 Å². The number of rotatable bonds is 3. The van der Waals surface area contributed by atoms with Crippen molar-refractivity contribution in [3.63, 3.8) is 0 Å². The van der Waals surface area contributed by atoms with Crippen LogP contribution in [0.2, 0.25) is 0 Å². The van der Waals surface area contributed by atoms with E-state index in [-0.39, 0.29) is 5.91 Å². The molecule has 1 aromatic heterocycles. The van der Waals surface area contributed by atoms with Crippen LogP contribution in [0.3, 0.4) is 0 Å². The molecule has 0 aliphatic carbocycles. The van der Waals surface area contributed by atoms with Gasteiger partial charge >= 0.3 is 0 Å². The third-order valence-corrected chi connectivity index (χ3v) is 4.11. The smallest absolute Gasteiger partial charge is 0.263 e. The highest BCUT2D eigenvalue weighted by molar-refractivity contribution is 9.10. The van der Waals surface area contributed by atoms with E-state index in [0.717, 1.165) is 21.0 Å². The standard InChI is InChI=1S/C12H13BrN2OS/c1-2-5-15-12(16)11-10(14)8-6-7(13)3-4-9(8)17-11/h3-4,6H,2,5,14H2,1H3,(H,15,16). The fraction of sp³-hybridized carbons (Fsp3) is 0.250. The number of fused-ring (bicyclic) bond motifs is 1. The lowest BCUT2D eigenvalue weighted by molar-refractivity contribution is 0.0958. The maximum absolute atomic E-state index is 11.9. The molecular formula is C12H13BrN2OS. The maximum Gasteiger partial charge on any atom is 0.263 e. The SMILES string of the molecule is CCCNC(=O)c1sc2ccc(Br)cc2c1N. The molecule has 90 valence electrons. The minimum absolute atomic E-state index is 0.0818. The van der Waals surface area contributed by atoms with Crippen molar-refractivity contribution in [2.24, 2.45) is 0 Å². The van der Waals surface area contributed by atoms with E-state index >= 15 is 0 Å². The Kier molecular flexibility index (Phi) is 3.69. The van der Waals surface area contributed by atoms with Crippen LogP contribution in [0.1, 0.15) is 23.0 Å². The van der Waals surface area contributed by atoms with Crippen molar-refractivity contribution in [3.05, 3.63) is 27.5 Å². The van der Waals surface area contributed by atoms with Crippen LogP contribution < -0.4 is 11.1 Å². The summed E-state index contributed by atoms with van der Waals surface area (Å²) in [7, 11) is 0. The van der Waals surface area contributed by atoms with Gasteiger partial charge in [-0.15, -0.1) is 11.3 Å². The predicted octanol–water partition coefficient (Wildman–Crippen LogP) is 3.39. The van der Waals surface area contributed by atoms with Crippen LogP contribution in [-0.2, 0) is 0 Å². The predicted molar refractivity (Wildman–Crippen MR) is 76.6 cm³/mol. The van der Waals surface area contributed by atoms with Crippen molar-refractivity contribution < 1.29 is 4.79 Å². The third-order valence-electron chi connectivity index (χ3n) is 2.43. The monoisotopic (exact) mass is 312 g/mol. The number of nitrogens with one attached hydrogen (secondary N) is 1. The quantitative estimate of drug-likeness (QED) is 0.912. The van der Waals surface area contributed by atoms with Gasteiger partial charge in [-0.05, 0) is 24.6 Å². The van der Waals surface area contributed by atoms with Crippen molar-refractivity contribution in [1.29, 1.82) is 0 Å². The Morgan fingerprint density at radius 3 is 3.00 bits per heavy atom. The van der Waals surface area contributed by atoms with Gasteiger partial charge in [0.25, 0.3) is 5.91 Å². The molecule has 2 rings (SSSR count). The molecule has 1 amide bonds. The van der Waals surface area contributed by atoms with Crippen LogP contribution in [0.4, 0.5) is 5.69 Å². The van der Waals surface area contributed by atoms with Gasteiger partial charge in [-0.25, -0.2) is 0 Å². The Bertz CT molecular complexity index is 565. The summed E-state index contributed by atoms with van der Waals surface area (Å²) in [6.07, 6.45) is 0.919. The molecule has 3 nitrogen and oxygen atoms in total. The molecule has 17 heavy (non-hydrogen) atoms. The number of nitrogens with two attached hydrogens (primary N) is 1. The molecule has 0 saturated carbocycles. The normalized spacial score (nSPS) is 10.7. The highest BCUT2D eigenvalue weighted by Gasteiger charge is 2.15. The van der Waals surface area contributed by atoms with E-state index < -0.39 is 0 Å². The number of anilines is 1. The van der Waals surface area contributed by atoms with E-state index in [4.69, 9.17) is 5.73 Å². The number of thiophene rings is 1. The van der Waals surface area contributed by atoms with Crippen LogP contribution in [0.5, 0.6) is 0 Å². The molecule has 2 aromatic rings. The first kappa shape index (κ1) is 12.4. The summed E-state index contributed by atoms with van der Waals surface area (Å²) in [6.45, 7) is 2.70. The zero-order valence-corrected chi connectivity index (χ0v) is 11.8. The van der Waals surface area contributed by atoms with Crippen molar-refractivity contribution in [2.75, 3.05) is 12.3 Å². The first-order valence-corrected chi connectivity index (χ1v) is 7.00. The first-order chi connectivity index (χ1) is 8.13. The second-order valence-electron chi connectivity index (χ2n) is 3.74. The summed E-state index contributed by atoms with van der Waals surface area (Å²) < 4.78 is 2.00. The summed E-state index contributed by atoms with van der Waals surface area (Å²) in [4.78, 5) is 12.5. The number of amides is 1. The lowest BCUT2D eigenvalue weighted by Crippen LogP contribution is -2.23. The molecular weight excluding hydrogens is 300 g/mol. The number of hydrogen-bond donors (Lipinski definition) is 2. The number of halogens is 1. The molecule has 0 bridgehead atoms. The van der Waals surface area contributed by atoms with Gasteiger partial charge in [0.1, 0.15) is 4.88 Å². The van der Waals surface area contributed by atoms with E-state index in [9.17, 15) is 4.79 Å². The lowest BCUT2D eigenvalue weighted by Gasteiger charge is -2.01. The van der Waals surface area contributed by atoms with Crippen LogP contribution >= 0.6 is 27.3 Å². The fourth-order valence-electron chi connectivity index (χ4n) is 1.58. The molecule has 3 N–H and O–H groups in total. The van der Waals surface area contributed by atoms with Gasteiger partial charge in [-0.3, -0.25) is 4.79 Å². The van der Waals surface area contributed by atoms with E-state index in [1.807, 2.05) is 25.1 Å². The summed E-state index contributed by atoms with van der Waals surface area (Å²) >= 11 is 4.84. The second kappa shape index (κ2) is 5.06. The fourth-order valence-corrected chi connectivity index (χ4v) is 2.96. The molecule has 1 aromatic carbocycles. The average molecular weight is 313 g/mol. The third kappa shape index (κ3) is 2.45. The molecule has 0 spiro atoms. The summed E-state index contributed by atoms with van der Waals surface area (Å²) in [6, 6.07) is 5.86. The molecule has 0 unspecified atom stereocenters. The Balaban J connectivity index is 2.42. The van der Waals surface area contributed by atoms with E-state index in [0.29, 0.717) is 17.1 Å². The molecule has 0 aliphatic heterocycles. The minimum Gasteiger partial charge on any atom is -0.397 e. The van der Waals surface area contributed by atoms with Gasteiger partial charge in [-0.2, -0.15) is 0 Å². The summed E-state index contributed by atoms with van der Waals surface area (Å²) in [5.74, 6) is -0.0818. The minimum atomic E-state index is -0.0818. The highest BCUT2D eigenvalue weighted by atomic mass is 79.9. The molecule has 0 radical (unpaired) electrons. The Morgan fingerprint density at radius 1 is 1.53 bits per heavy atom. The zero-order chi connectivity index (χ0) is 12.4. The number of carbonyl (C=O) groups excluding carboxylic acids is 1. The average Bonchev–Trinajstić information content (AvgIpc) is 2.64. The molecule has 0 fully saturated rings. The number of benzene rings is 1. The molecule has 5 heteroatoms. The Labute approximate surface area is 112 Å². The number of hydrogen-bond acceptors (Lipinski definition) is 3. The second-order valence-corrected chi connectivity index (χ2v) is 5.71. The molecule has 1 heterocycles. The Hall–Kier alpha value is -1.07. The van der Waals surface area contributed by atoms with E-state index in [1.165, 1.54) is 11.3 Å². The van der Waals surface area contributed by atoms with Crippen LogP contribution in [0, 0.1) is 0 Å². The highest BCUT2D eigenvalue weighted by Crippen LogP contribution is 2.35. The zero-order valence-electron chi connectivity index (χ0n) is 9.42. The summed E-state index contributed by atoms with van der Waals surface area (Å²) in [5, 5.41) is 3.78. The largest absolute Gasteiger partial charge is 0.397 e. The first-order valence-electron chi connectivity index (χ1n) is 5.39. The van der Waals surface area contributed by atoms with Gasteiger partial charge in [0.05, 0.1) is 5.69 Å². The van der Waals surface area contributed by atoms with Crippen LogP contribution in [-0.4, -0.2) is 12.5 Å². The summed E-state index contributed by atoms with van der Waals surface area (Å²) in [5.41, 5.74) is 6.58. The number of nitrogen functional groups attached to an aromatic ring is 1. The van der Waals surface area contributed by atoms with Gasteiger partial charge in [0.2, 0.25) is 0 Å². The molecule has 0 aliphatic rings. The molecule has 0 saturated heterocycles. The maximum atomic E-state index is 11.9. The van der Waals surface area contributed by atoms with Gasteiger partial charge < -0.3 is 11.1 Å². The van der Waals surface area contributed by atoms with E-state index in [1.54, 1.807) is 0 Å². The van der Waals surface area contributed by atoms with Gasteiger partial charge in [-0.1, -0.05) is 22.9 Å². The van der Waals surface area contributed by atoms with Crippen LogP contribution in [0.15, 0.2) is 22.7 Å². The lowest BCUT2D eigenvalue weighted by atomic mass is 10.2. The van der Waals surface area contributed by atoms with Crippen molar-refractivity contribution in [1.82, 2.24) is 5.32 Å².